The molecule has 0 bridgehead atoms. The average molecular weight is 444 g/mol. The Bertz CT molecular complexity index is 1100. The second-order valence-corrected chi connectivity index (χ2v) is 8.93. The zero-order valence-electron chi connectivity index (χ0n) is 17.0. The molecule has 0 fully saturated rings. The number of hydrogen-bond donors (Lipinski definition) is 1. The number of nitrogens with zero attached hydrogens (tertiary/aromatic N) is 4. The van der Waals surface area contributed by atoms with E-state index in [2.05, 4.69) is 39.5 Å². The molecular weight excluding hydrogens is 422 g/mol. The number of amides is 1. The van der Waals surface area contributed by atoms with Crippen LogP contribution in [-0.4, -0.2) is 56.0 Å². The van der Waals surface area contributed by atoms with Crippen molar-refractivity contribution >= 4 is 40.4 Å². The highest BCUT2D eigenvalue weighted by Crippen LogP contribution is 2.31. The zero-order chi connectivity index (χ0) is 21.3. The van der Waals surface area contributed by atoms with E-state index >= 15 is 0 Å². The highest BCUT2D eigenvalue weighted by Gasteiger charge is 2.19. The number of amidine groups is 1. The van der Waals surface area contributed by atoms with Crippen LogP contribution in [0.3, 0.4) is 0 Å². The van der Waals surface area contributed by atoms with Crippen LogP contribution in [0, 0.1) is 0 Å². The third-order valence-electron chi connectivity index (χ3n) is 4.85. The van der Waals surface area contributed by atoms with Gasteiger partial charge in [-0.15, -0.1) is 11.3 Å². The standard InChI is InChI=1S/C21H22ClN5O2S/c1-26(2)17-10-13(20-23-8-9-27(20)3)4-5-15(17)16-11-14(29-25-16)12-24-21(28)18-6-7-19(22)30-18/h4-7,10-11H,8-9,12H2,1-3H3,(H,24,28). The highest BCUT2D eigenvalue weighted by molar-refractivity contribution is 7.17. The topological polar surface area (TPSA) is 74.0 Å². The van der Waals surface area contributed by atoms with E-state index in [0.717, 1.165) is 41.4 Å². The molecule has 30 heavy (non-hydrogen) atoms. The molecule has 1 aromatic carbocycles. The van der Waals surface area contributed by atoms with Gasteiger partial charge in [0.25, 0.3) is 5.91 Å². The Balaban J connectivity index is 1.53. The molecule has 1 aliphatic rings. The van der Waals surface area contributed by atoms with Gasteiger partial charge in [-0.05, 0) is 24.3 Å². The molecule has 0 saturated heterocycles. The molecule has 0 spiro atoms. The molecule has 1 amide bonds. The molecule has 0 aliphatic carbocycles. The molecular formula is C21H22ClN5O2S. The number of halogens is 1. The van der Waals surface area contributed by atoms with Crippen molar-refractivity contribution in [3.8, 4) is 11.3 Å². The minimum absolute atomic E-state index is 0.190. The Labute approximate surface area is 183 Å². The van der Waals surface area contributed by atoms with Gasteiger partial charge >= 0.3 is 0 Å². The third-order valence-corrected chi connectivity index (χ3v) is 6.08. The Morgan fingerprint density at radius 2 is 2.13 bits per heavy atom. The molecule has 4 rings (SSSR count). The summed E-state index contributed by atoms with van der Waals surface area (Å²) in [6.45, 7) is 2.00. The monoisotopic (exact) mass is 443 g/mol. The lowest BCUT2D eigenvalue weighted by Gasteiger charge is -2.20. The van der Waals surface area contributed by atoms with Crippen molar-refractivity contribution in [2.75, 3.05) is 39.1 Å². The summed E-state index contributed by atoms with van der Waals surface area (Å²) < 4.78 is 6.03. The van der Waals surface area contributed by atoms with E-state index in [9.17, 15) is 4.79 Å². The van der Waals surface area contributed by atoms with Crippen molar-refractivity contribution in [2.24, 2.45) is 4.99 Å². The number of carbonyl (C=O) groups excluding carboxylic acids is 1. The van der Waals surface area contributed by atoms with Crippen LogP contribution in [0.5, 0.6) is 0 Å². The number of anilines is 1. The van der Waals surface area contributed by atoms with E-state index in [4.69, 9.17) is 16.1 Å². The first-order chi connectivity index (χ1) is 14.4. The average Bonchev–Trinajstić information content (AvgIpc) is 3.47. The Morgan fingerprint density at radius 3 is 2.80 bits per heavy atom. The van der Waals surface area contributed by atoms with Gasteiger partial charge in [0.15, 0.2) is 5.76 Å². The molecule has 0 saturated carbocycles. The van der Waals surface area contributed by atoms with Gasteiger partial charge in [0.1, 0.15) is 11.5 Å². The molecule has 9 heteroatoms. The summed E-state index contributed by atoms with van der Waals surface area (Å²) in [5, 5.41) is 7.04. The lowest BCUT2D eigenvalue weighted by atomic mass is 10.0. The Hall–Kier alpha value is -2.84. The number of aliphatic imine (C=N–C) groups is 1. The van der Waals surface area contributed by atoms with Crippen LogP contribution < -0.4 is 10.2 Å². The molecule has 0 atom stereocenters. The fourth-order valence-electron chi connectivity index (χ4n) is 3.32. The SMILES string of the molecule is CN1CCN=C1c1ccc(-c2cc(CNC(=O)c3ccc(Cl)s3)on2)c(N(C)C)c1. The largest absolute Gasteiger partial charge is 0.377 e. The second kappa shape index (κ2) is 8.49. The van der Waals surface area contributed by atoms with E-state index in [1.807, 2.05) is 31.1 Å². The van der Waals surface area contributed by atoms with Gasteiger partial charge in [-0.3, -0.25) is 9.79 Å². The summed E-state index contributed by atoms with van der Waals surface area (Å²) in [6, 6.07) is 11.5. The number of thiophene rings is 1. The number of hydrogen-bond acceptors (Lipinski definition) is 7. The molecule has 1 aliphatic heterocycles. The normalized spacial score (nSPS) is 13.5. The van der Waals surface area contributed by atoms with E-state index < -0.39 is 0 Å². The quantitative estimate of drug-likeness (QED) is 0.628. The first kappa shape index (κ1) is 20.4. The number of nitrogens with one attached hydrogen (secondary N) is 1. The van der Waals surface area contributed by atoms with Crippen molar-refractivity contribution in [3.63, 3.8) is 0 Å². The van der Waals surface area contributed by atoms with Crippen molar-refractivity contribution in [1.82, 2.24) is 15.4 Å². The van der Waals surface area contributed by atoms with Crippen molar-refractivity contribution in [3.05, 3.63) is 56.9 Å². The van der Waals surface area contributed by atoms with Crippen molar-refractivity contribution < 1.29 is 9.32 Å². The lowest BCUT2D eigenvalue weighted by Crippen LogP contribution is -2.23. The molecule has 3 heterocycles. The van der Waals surface area contributed by atoms with Gasteiger partial charge in [-0.1, -0.05) is 22.8 Å². The molecule has 2 aromatic heterocycles. The summed E-state index contributed by atoms with van der Waals surface area (Å²) in [7, 11) is 6.05. The fraction of sp³-hybridized carbons (Fsp3) is 0.286. The van der Waals surface area contributed by atoms with Crippen LogP contribution in [0.25, 0.3) is 11.3 Å². The first-order valence-electron chi connectivity index (χ1n) is 9.49. The maximum atomic E-state index is 12.2. The van der Waals surface area contributed by atoms with E-state index in [0.29, 0.717) is 15.0 Å². The molecule has 1 N–H and O–H groups in total. The fourth-order valence-corrected chi connectivity index (χ4v) is 4.28. The van der Waals surface area contributed by atoms with Crippen LogP contribution in [0.2, 0.25) is 4.34 Å². The molecule has 0 radical (unpaired) electrons. The summed E-state index contributed by atoms with van der Waals surface area (Å²) >= 11 is 7.13. The smallest absolute Gasteiger partial charge is 0.261 e. The lowest BCUT2D eigenvalue weighted by molar-refractivity contribution is 0.0951. The van der Waals surface area contributed by atoms with E-state index in [1.165, 1.54) is 11.3 Å². The van der Waals surface area contributed by atoms with Crippen LogP contribution in [-0.2, 0) is 6.54 Å². The van der Waals surface area contributed by atoms with Crippen LogP contribution in [0.1, 0.15) is 21.0 Å². The van der Waals surface area contributed by atoms with Crippen LogP contribution in [0.4, 0.5) is 5.69 Å². The predicted molar refractivity (Wildman–Crippen MR) is 121 cm³/mol. The van der Waals surface area contributed by atoms with Crippen molar-refractivity contribution in [2.45, 2.75) is 6.54 Å². The number of carbonyl (C=O) groups is 1. The maximum Gasteiger partial charge on any atom is 0.261 e. The number of rotatable bonds is 6. The van der Waals surface area contributed by atoms with Gasteiger partial charge in [0.05, 0.1) is 22.3 Å². The summed E-state index contributed by atoms with van der Waals surface area (Å²) in [5.74, 6) is 1.39. The van der Waals surface area contributed by atoms with Gasteiger partial charge in [0, 0.05) is 50.6 Å². The molecule has 3 aromatic rings. The Morgan fingerprint density at radius 1 is 1.30 bits per heavy atom. The molecule has 7 nitrogen and oxygen atoms in total. The first-order valence-corrected chi connectivity index (χ1v) is 10.7. The van der Waals surface area contributed by atoms with E-state index in [1.54, 1.807) is 12.1 Å². The summed E-state index contributed by atoms with van der Waals surface area (Å²) in [4.78, 5) is 21.6. The van der Waals surface area contributed by atoms with Crippen LogP contribution in [0.15, 0.2) is 45.9 Å². The van der Waals surface area contributed by atoms with Gasteiger partial charge in [0.2, 0.25) is 0 Å². The maximum absolute atomic E-state index is 12.2. The highest BCUT2D eigenvalue weighted by atomic mass is 35.5. The minimum atomic E-state index is -0.190. The van der Waals surface area contributed by atoms with E-state index in [-0.39, 0.29) is 12.5 Å². The number of likely N-dealkylation sites (N-methyl/N-ethyl adjacent to an activating group) is 1. The minimum Gasteiger partial charge on any atom is -0.377 e. The second-order valence-electron chi connectivity index (χ2n) is 7.22. The van der Waals surface area contributed by atoms with Gasteiger partial charge < -0.3 is 19.6 Å². The van der Waals surface area contributed by atoms with Gasteiger partial charge in [-0.2, -0.15) is 0 Å². The third kappa shape index (κ3) is 4.20. The molecule has 0 unspecified atom stereocenters. The summed E-state index contributed by atoms with van der Waals surface area (Å²) in [5.41, 5.74) is 3.77. The van der Waals surface area contributed by atoms with Gasteiger partial charge in [-0.25, -0.2) is 0 Å². The zero-order valence-corrected chi connectivity index (χ0v) is 18.5. The number of benzene rings is 1. The van der Waals surface area contributed by atoms with Crippen molar-refractivity contribution in [1.29, 1.82) is 0 Å². The number of aromatic nitrogens is 1. The summed E-state index contributed by atoms with van der Waals surface area (Å²) in [6.07, 6.45) is 0. The predicted octanol–water partition coefficient (Wildman–Crippen LogP) is 3.74. The van der Waals surface area contributed by atoms with Crippen LogP contribution >= 0.6 is 22.9 Å². The molecule has 156 valence electrons. The Kier molecular flexibility index (Phi) is 5.78.